The van der Waals surface area contributed by atoms with Crippen LogP contribution >= 0.6 is 11.6 Å². The van der Waals surface area contributed by atoms with Crippen molar-refractivity contribution in [2.75, 3.05) is 5.32 Å². The number of hydrogen-bond acceptors (Lipinski definition) is 3. The first-order chi connectivity index (χ1) is 9.49. The summed E-state index contributed by atoms with van der Waals surface area (Å²) in [6, 6.07) is 4.10. The van der Waals surface area contributed by atoms with E-state index in [0.29, 0.717) is 5.69 Å². The van der Waals surface area contributed by atoms with Gasteiger partial charge in [-0.3, -0.25) is 4.79 Å². The summed E-state index contributed by atoms with van der Waals surface area (Å²) in [5.41, 5.74) is 6.47. The Labute approximate surface area is 122 Å². The van der Waals surface area contributed by atoms with Gasteiger partial charge in [0.25, 0.3) is 0 Å². The third kappa shape index (κ3) is 3.29. The summed E-state index contributed by atoms with van der Waals surface area (Å²) in [5.74, 6) is -1.42. The predicted molar refractivity (Wildman–Crippen MR) is 77.0 cm³/mol. The van der Waals surface area contributed by atoms with Crippen molar-refractivity contribution in [2.45, 2.75) is 31.7 Å². The van der Waals surface area contributed by atoms with Crippen molar-refractivity contribution in [3.8, 4) is 0 Å². The van der Waals surface area contributed by atoms with Crippen molar-refractivity contribution in [1.82, 2.24) is 0 Å². The Morgan fingerprint density at radius 3 is 2.60 bits per heavy atom. The van der Waals surface area contributed by atoms with Gasteiger partial charge in [0.05, 0.1) is 22.2 Å². The number of rotatable bonds is 3. The molecule has 1 aliphatic rings. The SMILES string of the molecule is NC1CCCCC1C(=O)Nc1ccc(C(=O)O)cc1Cl. The minimum Gasteiger partial charge on any atom is -0.478 e. The molecule has 1 saturated carbocycles. The van der Waals surface area contributed by atoms with Crippen LogP contribution in [0.25, 0.3) is 0 Å². The van der Waals surface area contributed by atoms with Crippen LogP contribution in [0.3, 0.4) is 0 Å². The molecule has 2 atom stereocenters. The predicted octanol–water partition coefficient (Wildman–Crippen LogP) is 2.49. The molecule has 0 heterocycles. The summed E-state index contributed by atoms with van der Waals surface area (Å²) in [5, 5.41) is 11.8. The lowest BCUT2D eigenvalue weighted by molar-refractivity contribution is -0.121. The molecule has 2 unspecified atom stereocenters. The van der Waals surface area contributed by atoms with Crippen molar-refractivity contribution in [3.63, 3.8) is 0 Å². The van der Waals surface area contributed by atoms with Crippen LogP contribution in [0.4, 0.5) is 5.69 Å². The van der Waals surface area contributed by atoms with Gasteiger partial charge in [-0.2, -0.15) is 0 Å². The summed E-state index contributed by atoms with van der Waals surface area (Å²) in [7, 11) is 0. The van der Waals surface area contributed by atoms with Gasteiger partial charge < -0.3 is 16.2 Å². The van der Waals surface area contributed by atoms with E-state index >= 15 is 0 Å². The number of carbonyl (C=O) groups excluding carboxylic acids is 1. The number of benzene rings is 1. The normalized spacial score (nSPS) is 22.3. The standard InChI is InChI=1S/C14H17ClN2O3/c15-10-7-8(14(19)20)5-6-12(10)17-13(18)9-3-1-2-4-11(9)16/h5-7,9,11H,1-4,16H2,(H,17,18)(H,19,20). The van der Waals surface area contributed by atoms with E-state index in [1.54, 1.807) is 0 Å². The number of carbonyl (C=O) groups is 2. The molecule has 1 amide bonds. The van der Waals surface area contributed by atoms with Crippen LogP contribution in [-0.4, -0.2) is 23.0 Å². The lowest BCUT2D eigenvalue weighted by atomic mass is 9.84. The number of nitrogens with one attached hydrogen (secondary N) is 1. The molecule has 1 aromatic rings. The Bertz CT molecular complexity index is 533. The number of amides is 1. The maximum atomic E-state index is 12.2. The number of halogens is 1. The number of hydrogen-bond donors (Lipinski definition) is 3. The minimum atomic E-state index is -1.06. The Morgan fingerprint density at radius 1 is 1.30 bits per heavy atom. The van der Waals surface area contributed by atoms with E-state index < -0.39 is 5.97 Å². The van der Waals surface area contributed by atoms with Crippen LogP contribution in [0.15, 0.2) is 18.2 Å². The molecule has 1 fully saturated rings. The second-order valence-corrected chi connectivity index (χ2v) is 5.45. The molecule has 0 aromatic heterocycles. The van der Waals surface area contributed by atoms with Crippen LogP contribution < -0.4 is 11.1 Å². The van der Waals surface area contributed by atoms with E-state index in [2.05, 4.69) is 5.32 Å². The van der Waals surface area contributed by atoms with Crippen LogP contribution in [0.5, 0.6) is 0 Å². The summed E-state index contributed by atoms with van der Waals surface area (Å²) < 4.78 is 0. The van der Waals surface area contributed by atoms with Crippen LogP contribution in [0.2, 0.25) is 5.02 Å². The molecule has 2 rings (SSSR count). The van der Waals surface area contributed by atoms with Crippen molar-refractivity contribution in [1.29, 1.82) is 0 Å². The maximum absolute atomic E-state index is 12.2. The summed E-state index contributed by atoms with van der Waals surface area (Å²) in [6.45, 7) is 0. The van der Waals surface area contributed by atoms with Crippen molar-refractivity contribution in [2.24, 2.45) is 11.7 Å². The number of carboxylic acids is 1. The van der Waals surface area contributed by atoms with Crippen molar-refractivity contribution < 1.29 is 14.7 Å². The van der Waals surface area contributed by atoms with E-state index in [4.69, 9.17) is 22.4 Å². The fourth-order valence-corrected chi connectivity index (χ4v) is 2.69. The second kappa shape index (κ2) is 6.24. The first kappa shape index (κ1) is 14.8. The van der Waals surface area contributed by atoms with E-state index in [1.165, 1.54) is 18.2 Å². The number of nitrogens with two attached hydrogens (primary N) is 1. The fraction of sp³-hybridized carbons (Fsp3) is 0.429. The molecule has 4 N–H and O–H groups in total. The zero-order valence-electron chi connectivity index (χ0n) is 10.9. The molecule has 20 heavy (non-hydrogen) atoms. The molecular formula is C14H17ClN2O3. The highest BCUT2D eigenvalue weighted by atomic mass is 35.5. The Hall–Kier alpha value is -1.59. The highest BCUT2D eigenvalue weighted by molar-refractivity contribution is 6.34. The number of anilines is 1. The lowest BCUT2D eigenvalue weighted by Gasteiger charge is -2.27. The van der Waals surface area contributed by atoms with Gasteiger partial charge in [0.2, 0.25) is 5.91 Å². The Balaban J connectivity index is 2.09. The molecule has 5 nitrogen and oxygen atoms in total. The van der Waals surface area contributed by atoms with E-state index in [-0.39, 0.29) is 28.5 Å². The lowest BCUT2D eigenvalue weighted by Crippen LogP contribution is -2.40. The smallest absolute Gasteiger partial charge is 0.335 e. The quantitative estimate of drug-likeness (QED) is 0.799. The monoisotopic (exact) mass is 296 g/mol. The minimum absolute atomic E-state index is 0.0855. The van der Waals surface area contributed by atoms with Gasteiger partial charge in [0.1, 0.15) is 0 Å². The molecule has 0 spiro atoms. The molecular weight excluding hydrogens is 280 g/mol. The van der Waals surface area contributed by atoms with Gasteiger partial charge in [-0.15, -0.1) is 0 Å². The number of aromatic carboxylic acids is 1. The maximum Gasteiger partial charge on any atom is 0.335 e. The van der Waals surface area contributed by atoms with Crippen molar-refractivity contribution in [3.05, 3.63) is 28.8 Å². The summed E-state index contributed by atoms with van der Waals surface area (Å²) in [6.07, 6.45) is 3.68. The van der Waals surface area contributed by atoms with Gasteiger partial charge in [0, 0.05) is 6.04 Å². The summed E-state index contributed by atoms with van der Waals surface area (Å²) in [4.78, 5) is 23.0. The Morgan fingerprint density at radius 2 is 2.00 bits per heavy atom. The molecule has 0 bridgehead atoms. The fourth-order valence-electron chi connectivity index (χ4n) is 2.46. The average Bonchev–Trinajstić information content (AvgIpc) is 2.41. The van der Waals surface area contributed by atoms with Crippen LogP contribution in [-0.2, 0) is 4.79 Å². The van der Waals surface area contributed by atoms with E-state index in [0.717, 1.165) is 25.7 Å². The van der Waals surface area contributed by atoms with E-state index in [9.17, 15) is 9.59 Å². The zero-order chi connectivity index (χ0) is 14.7. The van der Waals surface area contributed by atoms with Crippen molar-refractivity contribution >= 4 is 29.2 Å². The third-order valence-electron chi connectivity index (χ3n) is 3.63. The molecule has 108 valence electrons. The first-order valence-electron chi connectivity index (χ1n) is 6.58. The topological polar surface area (TPSA) is 92.4 Å². The van der Waals surface area contributed by atoms with Crippen LogP contribution in [0, 0.1) is 5.92 Å². The van der Waals surface area contributed by atoms with E-state index in [1.807, 2.05) is 0 Å². The molecule has 0 aliphatic heterocycles. The number of carboxylic acid groups (broad SMARTS) is 1. The van der Waals surface area contributed by atoms with Gasteiger partial charge in [-0.1, -0.05) is 24.4 Å². The van der Waals surface area contributed by atoms with Gasteiger partial charge in [-0.25, -0.2) is 4.79 Å². The second-order valence-electron chi connectivity index (χ2n) is 5.04. The largest absolute Gasteiger partial charge is 0.478 e. The molecule has 1 aliphatic carbocycles. The third-order valence-corrected chi connectivity index (χ3v) is 3.94. The summed E-state index contributed by atoms with van der Waals surface area (Å²) >= 11 is 5.98. The molecule has 0 saturated heterocycles. The van der Waals surface area contributed by atoms with Gasteiger partial charge in [-0.05, 0) is 31.0 Å². The average molecular weight is 297 g/mol. The van der Waals surface area contributed by atoms with Crippen LogP contribution in [0.1, 0.15) is 36.0 Å². The highest BCUT2D eigenvalue weighted by Gasteiger charge is 2.28. The zero-order valence-corrected chi connectivity index (χ0v) is 11.7. The highest BCUT2D eigenvalue weighted by Crippen LogP contribution is 2.27. The molecule has 6 heteroatoms. The molecule has 1 aromatic carbocycles. The van der Waals surface area contributed by atoms with Gasteiger partial charge in [0.15, 0.2) is 0 Å². The van der Waals surface area contributed by atoms with Gasteiger partial charge >= 0.3 is 5.97 Å². The first-order valence-corrected chi connectivity index (χ1v) is 6.96. The molecule has 0 radical (unpaired) electrons. The Kier molecular flexibility index (Phi) is 4.62.